The van der Waals surface area contributed by atoms with Gasteiger partial charge in [0.1, 0.15) is 54.3 Å². The van der Waals surface area contributed by atoms with Gasteiger partial charge >= 0.3 is 12.4 Å². The summed E-state index contributed by atoms with van der Waals surface area (Å²) in [4.78, 5) is 29.6. The van der Waals surface area contributed by atoms with Crippen molar-refractivity contribution in [3.8, 4) is 23.0 Å². The van der Waals surface area contributed by atoms with Crippen molar-refractivity contribution in [1.82, 2.24) is 39.9 Å². The van der Waals surface area contributed by atoms with Crippen LogP contribution in [0.5, 0.6) is 23.0 Å². The Kier molecular flexibility index (Phi) is 15.3. The van der Waals surface area contributed by atoms with Crippen LogP contribution < -0.4 is 9.47 Å². The average molecular weight is 1050 g/mol. The topological polar surface area (TPSA) is 162 Å². The van der Waals surface area contributed by atoms with Crippen LogP contribution in [-0.2, 0) is 0 Å². The van der Waals surface area contributed by atoms with Gasteiger partial charge in [0.05, 0.1) is 49.6 Å². The van der Waals surface area contributed by atoms with E-state index in [1.807, 2.05) is 0 Å². The standard InChI is InChI=1S/C10H5BrF4N2O.C10H5ClF4N2O.C8H4BrFN2O.C8H4ClFN2O/c2*11-9-8-6(7(12)3-17-9)1-5(2-16-8)18-4-10(13,14)15;2*9-8-7-5(6(10)3-12-8)1-4(13)2-11-7/h2*1-3H,4H2;2*1-3,13H. The lowest BCUT2D eigenvalue weighted by Gasteiger charge is -2.09. The molecule has 0 aromatic carbocycles. The highest BCUT2D eigenvalue weighted by Gasteiger charge is 2.29. The van der Waals surface area contributed by atoms with Crippen molar-refractivity contribution < 1.29 is 63.6 Å². The van der Waals surface area contributed by atoms with Gasteiger partial charge in [0.15, 0.2) is 46.8 Å². The Balaban J connectivity index is 0.000000158. The Labute approximate surface area is 365 Å². The largest absolute Gasteiger partial charge is 0.506 e. The number of nitrogens with zero attached hydrogens (tertiary/aromatic N) is 8. The SMILES string of the molecule is Fc1cnc(Br)c2ncc(OCC(F)(F)F)cc12.Fc1cnc(Cl)c2ncc(OCC(F)(F)F)cc12.Oc1cnc2c(Br)ncc(F)c2c1.Oc1cnc2c(Cl)ncc(F)c2c1. The molecule has 0 atom stereocenters. The zero-order chi connectivity index (χ0) is 45.5. The first kappa shape index (κ1) is 47.3. The first-order valence-corrected chi connectivity index (χ1v) is 18.6. The maximum atomic E-state index is 13.4. The molecule has 0 unspecified atom stereocenters. The number of rotatable bonds is 4. The van der Waals surface area contributed by atoms with E-state index in [1.54, 1.807) is 0 Å². The normalized spacial score (nSPS) is 11.3. The molecule has 0 bridgehead atoms. The molecule has 8 rings (SSSR count). The van der Waals surface area contributed by atoms with Crippen LogP contribution in [0.15, 0.2) is 83.0 Å². The third-order valence-corrected chi connectivity index (χ3v) is 8.97. The van der Waals surface area contributed by atoms with Crippen LogP contribution in [0.2, 0.25) is 10.3 Å². The van der Waals surface area contributed by atoms with Crippen LogP contribution in [0.1, 0.15) is 0 Å². The van der Waals surface area contributed by atoms with Gasteiger partial charge in [-0.2, -0.15) is 26.3 Å². The van der Waals surface area contributed by atoms with Gasteiger partial charge in [-0.1, -0.05) is 23.2 Å². The van der Waals surface area contributed by atoms with E-state index in [1.165, 1.54) is 24.5 Å². The van der Waals surface area contributed by atoms with Gasteiger partial charge in [-0.15, -0.1) is 0 Å². The summed E-state index contributed by atoms with van der Waals surface area (Å²) in [5.41, 5.74) is 0.933. The molecule has 8 aromatic rings. The van der Waals surface area contributed by atoms with Crippen molar-refractivity contribution in [3.63, 3.8) is 0 Å². The minimum Gasteiger partial charge on any atom is -0.506 e. The molecule has 0 spiro atoms. The van der Waals surface area contributed by atoms with Gasteiger partial charge in [-0.3, -0.25) is 0 Å². The molecule has 0 aliphatic rings. The predicted molar refractivity (Wildman–Crippen MR) is 210 cm³/mol. The van der Waals surface area contributed by atoms with Crippen molar-refractivity contribution in [2.24, 2.45) is 0 Å². The maximum absolute atomic E-state index is 13.4. The van der Waals surface area contributed by atoms with E-state index >= 15 is 0 Å². The lowest BCUT2D eigenvalue weighted by Crippen LogP contribution is -2.19. The van der Waals surface area contributed by atoms with Crippen LogP contribution in [-0.4, -0.2) is 75.7 Å². The summed E-state index contributed by atoms with van der Waals surface area (Å²) in [7, 11) is 0. The average Bonchev–Trinajstić information content (AvgIpc) is 3.22. The number of hydrogen-bond acceptors (Lipinski definition) is 12. The molecule has 8 aromatic heterocycles. The van der Waals surface area contributed by atoms with Crippen LogP contribution in [0.3, 0.4) is 0 Å². The highest BCUT2D eigenvalue weighted by atomic mass is 79.9. The summed E-state index contributed by atoms with van der Waals surface area (Å²) in [6.07, 6.45) is -0.499. The van der Waals surface area contributed by atoms with Crippen LogP contribution in [0.25, 0.3) is 43.6 Å². The summed E-state index contributed by atoms with van der Waals surface area (Å²) >= 11 is 17.5. The van der Waals surface area contributed by atoms with E-state index in [0.29, 0.717) is 14.7 Å². The Morgan fingerprint density at radius 3 is 1.16 bits per heavy atom. The number of aromatic nitrogens is 8. The molecule has 0 aliphatic heterocycles. The van der Waals surface area contributed by atoms with Crippen molar-refractivity contribution in [2.75, 3.05) is 13.2 Å². The molecule has 12 nitrogen and oxygen atoms in total. The molecule has 62 heavy (non-hydrogen) atoms. The van der Waals surface area contributed by atoms with Crippen LogP contribution in [0, 0.1) is 23.3 Å². The molecular weight excluding hydrogens is 1030 g/mol. The molecule has 8 heterocycles. The summed E-state index contributed by atoms with van der Waals surface area (Å²) in [5, 5.41) is 18.6. The lowest BCUT2D eigenvalue weighted by molar-refractivity contribution is -0.154. The molecule has 0 saturated heterocycles. The van der Waals surface area contributed by atoms with Gasteiger partial charge in [-0.25, -0.2) is 57.4 Å². The van der Waals surface area contributed by atoms with E-state index in [4.69, 9.17) is 33.4 Å². The van der Waals surface area contributed by atoms with Gasteiger partial charge in [-0.05, 0) is 56.1 Å². The zero-order valence-corrected chi connectivity index (χ0v) is 34.6. The zero-order valence-electron chi connectivity index (χ0n) is 29.9. The second kappa shape index (κ2) is 20.0. The van der Waals surface area contributed by atoms with Crippen molar-refractivity contribution >= 4 is 98.7 Å². The fraction of sp³-hybridized carbons (Fsp3) is 0.111. The molecule has 324 valence electrons. The Morgan fingerprint density at radius 2 is 0.758 bits per heavy atom. The Hall–Kier alpha value is -5.72. The predicted octanol–water partition coefficient (Wildman–Crippen LogP) is 11.2. The third-order valence-electron chi connectivity index (χ3n) is 7.25. The van der Waals surface area contributed by atoms with E-state index in [0.717, 1.165) is 49.3 Å². The molecule has 0 aliphatic carbocycles. The van der Waals surface area contributed by atoms with Gasteiger partial charge in [0.2, 0.25) is 0 Å². The molecule has 0 fully saturated rings. The third kappa shape index (κ3) is 12.7. The second-order valence-corrected chi connectivity index (χ2v) is 13.9. The van der Waals surface area contributed by atoms with Gasteiger partial charge in [0.25, 0.3) is 0 Å². The molecule has 0 saturated carbocycles. The highest BCUT2D eigenvalue weighted by molar-refractivity contribution is 9.10. The molecule has 0 amide bonds. The number of alkyl halides is 6. The summed E-state index contributed by atoms with van der Waals surface area (Å²) in [6, 6.07) is 4.81. The number of aromatic hydroxyl groups is 2. The fourth-order valence-corrected chi connectivity index (χ4v) is 5.88. The van der Waals surface area contributed by atoms with Crippen molar-refractivity contribution in [3.05, 3.63) is 117 Å². The number of fused-ring (bicyclic) bond motifs is 4. The molecule has 2 N–H and O–H groups in total. The smallest absolute Gasteiger partial charge is 0.422 e. The summed E-state index contributed by atoms with van der Waals surface area (Å²) < 4.78 is 134. The number of ether oxygens (including phenoxy) is 2. The molecular formula is C36H18Br2Cl2F10N8O4. The number of halogens is 14. The van der Waals surface area contributed by atoms with Crippen molar-refractivity contribution in [2.45, 2.75) is 12.4 Å². The summed E-state index contributed by atoms with van der Waals surface area (Å²) in [6.45, 7) is -2.92. The van der Waals surface area contributed by atoms with E-state index in [9.17, 15) is 43.9 Å². The molecule has 26 heteroatoms. The Morgan fingerprint density at radius 1 is 0.452 bits per heavy atom. The minimum absolute atomic E-state index is 0.0335. The van der Waals surface area contributed by atoms with E-state index in [2.05, 4.69) is 81.2 Å². The maximum Gasteiger partial charge on any atom is 0.422 e. The summed E-state index contributed by atoms with van der Waals surface area (Å²) in [5.74, 6) is -2.99. The first-order valence-electron chi connectivity index (χ1n) is 16.3. The monoisotopic (exact) mass is 1040 g/mol. The number of pyridine rings is 8. The number of hydrogen-bond donors (Lipinski definition) is 2. The minimum atomic E-state index is -4.47. The van der Waals surface area contributed by atoms with Crippen LogP contribution >= 0.6 is 55.1 Å². The van der Waals surface area contributed by atoms with E-state index in [-0.39, 0.29) is 71.4 Å². The highest BCUT2D eigenvalue weighted by Crippen LogP contribution is 2.29. The Bertz CT molecular complexity index is 2710. The quantitative estimate of drug-likeness (QED) is 0.127. The lowest BCUT2D eigenvalue weighted by atomic mass is 10.2. The first-order chi connectivity index (χ1) is 29.1. The fourth-order valence-electron chi connectivity index (χ4n) is 4.65. The van der Waals surface area contributed by atoms with E-state index < -0.39 is 48.8 Å². The van der Waals surface area contributed by atoms with Crippen molar-refractivity contribution in [1.29, 1.82) is 0 Å². The molecule has 0 radical (unpaired) electrons. The second-order valence-electron chi connectivity index (χ2n) is 11.7. The van der Waals surface area contributed by atoms with Gasteiger partial charge in [0, 0.05) is 21.5 Å². The van der Waals surface area contributed by atoms with Crippen LogP contribution in [0.4, 0.5) is 43.9 Å². The van der Waals surface area contributed by atoms with Gasteiger partial charge < -0.3 is 19.7 Å².